The summed E-state index contributed by atoms with van der Waals surface area (Å²) in [5.74, 6) is 0.396. The molecule has 0 spiro atoms. The van der Waals surface area contributed by atoms with Crippen molar-refractivity contribution in [1.29, 1.82) is 0 Å². The Hall–Kier alpha value is -3.18. The highest BCUT2D eigenvalue weighted by atomic mass is 79.9. The maximum absolute atomic E-state index is 13.2. The molecule has 0 saturated heterocycles. The average molecular weight is 555 g/mol. The van der Waals surface area contributed by atoms with E-state index in [1.807, 2.05) is 36.4 Å². The maximum atomic E-state index is 13.2. The van der Waals surface area contributed by atoms with Crippen LogP contribution in [0.5, 0.6) is 5.75 Å². The molecule has 37 heavy (non-hydrogen) atoms. The molecule has 1 N–H and O–H groups in total. The Morgan fingerprint density at radius 1 is 0.757 bits per heavy atom. The second kappa shape index (κ2) is 11.1. The van der Waals surface area contributed by atoms with E-state index in [1.54, 1.807) is 0 Å². The second-order valence-corrected chi connectivity index (χ2v) is 10.3. The summed E-state index contributed by atoms with van der Waals surface area (Å²) in [5, 5.41) is 17.5. The number of hydrogen-bond donors (Lipinski definition) is 1. The molecule has 0 aliphatic carbocycles. The summed E-state index contributed by atoms with van der Waals surface area (Å²) in [7, 11) is 4.11. The van der Waals surface area contributed by atoms with Crippen molar-refractivity contribution >= 4 is 37.5 Å². The zero-order valence-electron chi connectivity index (χ0n) is 21.3. The second-order valence-electron chi connectivity index (χ2n) is 9.80. The van der Waals surface area contributed by atoms with Gasteiger partial charge in [0.1, 0.15) is 16.9 Å². The van der Waals surface area contributed by atoms with Crippen molar-refractivity contribution in [1.82, 2.24) is 4.90 Å². The van der Waals surface area contributed by atoms with Gasteiger partial charge in [0, 0.05) is 18.0 Å². The van der Waals surface area contributed by atoms with E-state index in [0.717, 1.165) is 50.5 Å². The van der Waals surface area contributed by atoms with Crippen LogP contribution >= 0.6 is 15.9 Å². The van der Waals surface area contributed by atoms with Crippen LogP contribution in [0.15, 0.2) is 109 Å². The van der Waals surface area contributed by atoms with Crippen molar-refractivity contribution in [3.8, 4) is 5.75 Å². The fourth-order valence-corrected chi connectivity index (χ4v) is 5.76. The summed E-state index contributed by atoms with van der Waals surface area (Å²) >= 11 is 3.48. The monoisotopic (exact) mass is 553 g/mol. The third-order valence-electron chi connectivity index (χ3n) is 7.24. The largest absolute Gasteiger partial charge is 0.482 e. The van der Waals surface area contributed by atoms with E-state index in [4.69, 9.17) is 4.74 Å². The number of benzene rings is 5. The van der Waals surface area contributed by atoms with Crippen LogP contribution in [0.2, 0.25) is 0 Å². The molecule has 2 atom stereocenters. The van der Waals surface area contributed by atoms with Crippen molar-refractivity contribution in [3.05, 3.63) is 126 Å². The van der Waals surface area contributed by atoms with Crippen molar-refractivity contribution in [2.75, 3.05) is 26.2 Å². The Balaban J connectivity index is 1.88. The first-order valence-electron chi connectivity index (χ1n) is 12.6. The van der Waals surface area contributed by atoms with Gasteiger partial charge in [0.15, 0.2) is 0 Å². The Bertz CT molecular complexity index is 1500. The minimum Gasteiger partial charge on any atom is -0.482 e. The van der Waals surface area contributed by atoms with Crippen LogP contribution in [0.4, 0.5) is 0 Å². The molecule has 5 aromatic rings. The molecule has 5 rings (SSSR count). The van der Waals surface area contributed by atoms with Gasteiger partial charge in [-0.25, -0.2) is 0 Å². The molecule has 0 aliphatic rings. The topological polar surface area (TPSA) is 32.7 Å². The van der Waals surface area contributed by atoms with Gasteiger partial charge in [-0.15, -0.1) is 0 Å². The van der Waals surface area contributed by atoms with Gasteiger partial charge in [0.2, 0.25) is 0 Å². The molecule has 0 amide bonds. The standard InChI is InChI=1S/C33H32BrNO2/c1-35(2)22-21-33(36,29-18-10-15-24-11-6-8-16-27(24)29)32(26-13-4-3-5-14-26)31-28-17-9-7-12-25(28)19-20-30(31)37-23-34/h3-20,32,36H,21-23H2,1-2H3. The average Bonchev–Trinajstić information content (AvgIpc) is 2.93. The highest BCUT2D eigenvalue weighted by Crippen LogP contribution is 2.50. The molecule has 0 aliphatic heterocycles. The van der Waals surface area contributed by atoms with Crippen LogP contribution in [-0.2, 0) is 5.60 Å². The molecule has 0 saturated carbocycles. The van der Waals surface area contributed by atoms with E-state index >= 15 is 0 Å². The molecule has 2 unspecified atom stereocenters. The van der Waals surface area contributed by atoms with Gasteiger partial charge < -0.3 is 14.7 Å². The summed E-state index contributed by atoms with van der Waals surface area (Å²) < 4.78 is 6.19. The minimum absolute atomic E-state index is 0.365. The Morgan fingerprint density at radius 3 is 2.08 bits per heavy atom. The van der Waals surface area contributed by atoms with Crippen LogP contribution in [0.1, 0.15) is 29.0 Å². The number of alkyl halides is 1. The molecule has 3 nitrogen and oxygen atoms in total. The van der Waals surface area contributed by atoms with Gasteiger partial charge in [-0.05, 0) is 75.2 Å². The van der Waals surface area contributed by atoms with Crippen molar-refractivity contribution in [3.63, 3.8) is 0 Å². The maximum Gasteiger partial charge on any atom is 0.143 e. The lowest BCUT2D eigenvalue weighted by Crippen LogP contribution is -2.38. The van der Waals surface area contributed by atoms with E-state index in [2.05, 4.69) is 108 Å². The predicted molar refractivity (Wildman–Crippen MR) is 158 cm³/mol. The highest BCUT2D eigenvalue weighted by Gasteiger charge is 2.43. The van der Waals surface area contributed by atoms with Gasteiger partial charge in [-0.1, -0.05) is 103 Å². The zero-order chi connectivity index (χ0) is 25.8. The molecule has 5 aromatic carbocycles. The minimum atomic E-state index is -1.22. The van der Waals surface area contributed by atoms with Gasteiger partial charge in [-0.3, -0.25) is 0 Å². The van der Waals surface area contributed by atoms with Crippen molar-refractivity contribution < 1.29 is 9.84 Å². The Morgan fingerprint density at radius 2 is 1.38 bits per heavy atom. The Labute approximate surface area is 227 Å². The Kier molecular flexibility index (Phi) is 7.61. The zero-order valence-corrected chi connectivity index (χ0v) is 22.9. The number of ether oxygens (including phenoxy) is 1. The van der Waals surface area contributed by atoms with Crippen molar-refractivity contribution in [2.45, 2.75) is 17.9 Å². The highest BCUT2D eigenvalue weighted by molar-refractivity contribution is 9.09. The summed E-state index contributed by atoms with van der Waals surface area (Å²) in [4.78, 5) is 2.14. The molecular weight excluding hydrogens is 522 g/mol. The van der Waals surface area contributed by atoms with E-state index in [1.165, 1.54) is 0 Å². The molecule has 0 radical (unpaired) electrons. The first-order valence-corrected chi connectivity index (χ1v) is 13.8. The number of nitrogens with zero attached hydrogens (tertiary/aromatic N) is 1. The lowest BCUT2D eigenvalue weighted by molar-refractivity contribution is 0.00566. The van der Waals surface area contributed by atoms with Gasteiger partial charge in [0.25, 0.3) is 0 Å². The predicted octanol–water partition coefficient (Wildman–Crippen LogP) is 7.70. The van der Waals surface area contributed by atoms with E-state index in [-0.39, 0.29) is 5.92 Å². The fourth-order valence-electron chi connectivity index (χ4n) is 5.52. The summed E-state index contributed by atoms with van der Waals surface area (Å²) in [6.07, 6.45) is 0.546. The van der Waals surface area contributed by atoms with Crippen molar-refractivity contribution in [2.24, 2.45) is 0 Å². The number of aliphatic hydroxyl groups is 1. The first kappa shape index (κ1) is 25.5. The van der Waals surface area contributed by atoms with Crippen LogP contribution in [0, 0.1) is 0 Å². The summed E-state index contributed by atoms with van der Waals surface area (Å²) in [6.45, 7) is 0.725. The van der Waals surface area contributed by atoms with Crippen LogP contribution < -0.4 is 4.74 Å². The van der Waals surface area contributed by atoms with Gasteiger partial charge >= 0.3 is 0 Å². The molecule has 0 fully saturated rings. The lowest BCUT2D eigenvalue weighted by atomic mass is 9.69. The molecule has 4 heteroatoms. The number of fused-ring (bicyclic) bond motifs is 2. The molecule has 0 aromatic heterocycles. The summed E-state index contributed by atoms with van der Waals surface area (Å²) in [6, 6.07) is 37.4. The quantitative estimate of drug-likeness (QED) is 0.190. The van der Waals surface area contributed by atoms with Crippen LogP contribution in [-0.4, -0.2) is 36.2 Å². The number of hydrogen-bond acceptors (Lipinski definition) is 3. The molecule has 188 valence electrons. The van der Waals surface area contributed by atoms with Gasteiger partial charge in [-0.2, -0.15) is 0 Å². The molecular formula is C33H32BrNO2. The third-order valence-corrected chi connectivity index (χ3v) is 7.47. The third kappa shape index (κ3) is 5.02. The smallest absolute Gasteiger partial charge is 0.143 e. The number of rotatable bonds is 9. The molecule has 0 bridgehead atoms. The number of halogens is 1. The first-order chi connectivity index (χ1) is 18.0. The lowest BCUT2D eigenvalue weighted by Gasteiger charge is -2.40. The SMILES string of the molecule is CN(C)CCC(O)(c1cccc2ccccc12)C(c1ccccc1)c1c(OCBr)ccc2ccccc12. The van der Waals surface area contributed by atoms with Crippen LogP contribution in [0.3, 0.4) is 0 Å². The van der Waals surface area contributed by atoms with E-state index in [0.29, 0.717) is 11.9 Å². The van der Waals surface area contributed by atoms with Crippen LogP contribution in [0.25, 0.3) is 21.5 Å². The fraction of sp³-hybridized carbons (Fsp3) is 0.212. The normalized spacial score (nSPS) is 14.1. The molecule has 0 heterocycles. The van der Waals surface area contributed by atoms with Gasteiger partial charge in [0.05, 0.1) is 0 Å². The van der Waals surface area contributed by atoms with E-state index < -0.39 is 5.60 Å². The summed E-state index contributed by atoms with van der Waals surface area (Å²) in [5.41, 5.74) is 2.12. The van der Waals surface area contributed by atoms with E-state index in [9.17, 15) is 5.11 Å².